The second kappa shape index (κ2) is 10.6. The molecule has 1 N–H and O–H groups in total. The van der Waals surface area contributed by atoms with E-state index in [0.29, 0.717) is 56.6 Å². The highest BCUT2D eigenvalue weighted by Gasteiger charge is 2.31. The second-order valence-corrected chi connectivity index (χ2v) is 10.6. The van der Waals surface area contributed by atoms with Crippen LogP contribution in [0.1, 0.15) is 43.1 Å². The van der Waals surface area contributed by atoms with E-state index in [-0.39, 0.29) is 23.1 Å². The number of carbonyl (C=O) groups is 3. The van der Waals surface area contributed by atoms with Crippen molar-refractivity contribution in [1.82, 2.24) is 14.5 Å². The Bertz CT molecular complexity index is 1440. The number of aromatic nitrogens is 2. The third-order valence-corrected chi connectivity index (χ3v) is 7.67. The van der Waals surface area contributed by atoms with E-state index in [1.54, 1.807) is 23.1 Å². The minimum absolute atomic E-state index is 0.120. The Morgan fingerprint density at radius 1 is 1.14 bits per heavy atom. The van der Waals surface area contributed by atoms with Crippen molar-refractivity contribution in [1.29, 1.82) is 0 Å². The summed E-state index contributed by atoms with van der Waals surface area (Å²) in [5.74, 6) is -1.33. The van der Waals surface area contributed by atoms with Gasteiger partial charge in [0.05, 0.1) is 26.5 Å². The van der Waals surface area contributed by atoms with Crippen LogP contribution in [0.3, 0.4) is 0 Å². The lowest BCUT2D eigenvalue weighted by atomic mass is 10.1. The summed E-state index contributed by atoms with van der Waals surface area (Å²) in [6.45, 7) is 1.81. The highest BCUT2D eigenvalue weighted by atomic mass is 32.2. The monoisotopic (exact) mass is 527 g/mol. The Balaban J connectivity index is 1.51. The number of carboxylic acid groups (broad SMARTS) is 1. The summed E-state index contributed by atoms with van der Waals surface area (Å²) in [6.07, 6.45) is 3.78. The highest BCUT2D eigenvalue weighted by molar-refractivity contribution is 8.26. The molecule has 8 nitrogen and oxygen atoms in total. The first kappa shape index (κ1) is 25.0. The predicted molar refractivity (Wildman–Crippen MR) is 142 cm³/mol. The van der Waals surface area contributed by atoms with E-state index in [1.165, 1.54) is 18.7 Å². The number of hydrogen-bond acceptors (Lipinski definition) is 8. The Labute approximate surface area is 214 Å². The number of rotatable bonds is 8. The maximum absolute atomic E-state index is 12.9. The summed E-state index contributed by atoms with van der Waals surface area (Å²) in [6, 6.07) is 10.8. The molecule has 0 atom stereocenters. The number of pyridine rings is 1. The van der Waals surface area contributed by atoms with E-state index in [0.717, 1.165) is 21.5 Å². The molecule has 35 heavy (non-hydrogen) atoms. The number of nitrogens with zero attached hydrogens (tertiary/aromatic N) is 3. The summed E-state index contributed by atoms with van der Waals surface area (Å²) >= 11 is 7.60. The maximum atomic E-state index is 12.9. The summed E-state index contributed by atoms with van der Waals surface area (Å²) in [5.41, 5.74) is 2.63. The third kappa shape index (κ3) is 5.58. The van der Waals surface area contributed by atoms with Gasteiger partial charge in [-0.05, 0) is 43.2 Å². The van der Waals surface area contributed by atoms with Crippen molar-refractivity contribution in [3.8, 4) is 11.3 Å². The summed E-state index contributed by atoms with van der Waals surface area (Å²) in [7, 11) is 0. The van der Waals surface area contributed by atoms with Crippen LogP contribution in [0.2, 0.25) is 0 Å². The van der Waals surface area contributed by atoms with Crippen LogP contribution in [0.4, 0.5) is 0 Å². The number of carbonyl (C=O) groups excluding carboxylic acids is 2. The van der Waals surface area contributed by atoms with E-state index in [1.807, 2.05) is 24.3 Å². The Kier molecular flexibility index (Phi) is 7.58. The molecular weight excluding hydrogens is 506 g/mol. The molecule has 3 heterocycles. The average Bonchev–Trinajstić information content (AvgIpc) is 3.28. The number of thiazole rings is 1. The lowest BCUT2D eigenvalue weighted by Gasteiger charge is -2.13. The number of carboxylic acids is 1. The number of fused-ring (bicyclic) bond motifs is 1. The normalized spacial score (nSPS) is 14.9. The van der Waals surface area contributed by atoms with Gasteiger partial charge in [-0.15, -0.1) is 0 Å². The van der Waals surface area contributed by atoms with Crippen molar-refractivity contribution in [2.45, 2.75) is 32.6 Å². The lowest BCUT2D eigenvalue weighted by Crippen LogP contribution is -2.29. The SMILES string of the molecule is CC(=O)n1c(=O)sc2cc(-c3cccc(C=C4SC(=S)N(CCCCCC(=O)O)C4=O)n3)ccc21. The van der Waals surface area contributed by atoms with E-state index in [9.17, 15) is 19.2 Å². The summed E-state index contributed by atoms with van der Waals surface area (Å²) in [5, 5.41) is 8.73. The second-order valence-electron chi connectivity index (χ2n) is 7.89. The number of thiocarbonyl (C=S) groups is 1. The number of unbranched alkanes of at least 4 members (excludes halogenated alkanes) is 2. The molecule has 0 bridgehead atoms. The number of amides is 1. The van der Waals surface area contributed by atoms with Gasteiger partial charge in [-0.1, -0.05) is 53.9 Å². The van der Waals surface area contributed by atoms with E-state index < -0.39 is 5.97 Å². The van der Waals surface area contributed by atoms with Gasteiger partial charge in [0, 0.05) is 25.5 Å². The first-order valence-corrected chi connectivity index (χ1v) is 12.9. The number of thioether (sulfide) groups is 1. The molecule has 0 radical (unpaired) electrons. The minimum Gasteiger partial charge on any atom is -0.481 e. The zero-order chi connectivity index (χ0) is 25.1. The minimum atomic E-state index is -0.821. The van der Waals surface area contributed by atoms with Gasteiger partial charge in [0.25, 0.3) is 5.91 Å². The van der Waals surface area contributed by atoms with Crippen LogP contribution in [0, 0.1) is 0 Å². The average molecular weight is 528 g/mol. The fourth-order valence-electron chi connectivity index (χ4n) is 3.72. The van der Waals surface area contributed by atoms with E-state index in [4.69, 9.17) is 17.3 Å². The molecule has 1 amide bonds. The van der Waals surface area contributed by atoms with Crippen molar-refractivity contribution in [2.75, 3.05) is 6.54 Å². The molecule has 1 fully saturated rings. The first-order valence-electron chi connectivity index (χ1n) is 10.9. The van der Waals surface area contributed by atoms with Gasteiger partial charge in [0.15, 0.2) is 0 Å². The Morgan fingerprint density at radius 3 is 2.69 bits per heavy atom. The molecule has 1 saturated heterocycles. The molecule has 11 heteroatoms. The van der Waals surface area contributed by atoms with Crippen molar-refractivity contribution in [3.63, 3.8) is 0 Å². The van der Waals surface area contributed by atoms with Crippen LogP contribution < -0.4 is 4.87 Å². The molecule has 0 saturated carbocycles. The number of aliphatic carboxylic acids is 1. The van der Waals surface area contributed by atoms with Crippen LogP contribution >= 0.6 is 35.3 Å². The maximum Gasteiger partial charge on any atom is 0.314 e. The largest absolute Gasteiger partial charge is 0.481 e. The molecule has 1 aromatic carbocycles. The van der Waals surface area contributed by atoms with Crippen molar-refractivity contribution in [3.05, 3.63) is 56.7 Å². The smallest absolute Gasteiger partial charge is 0.314 e. The molecule has 4 rings (SSSR count). The van der Waals surface area contributed by atoms with Gasteiger partial charge in [0.1, 0.15) is 4.32 Å². The molecule has 2 aromatic heterocycles. The van der Waals surface area contributed by atoms with Gasteiger partial charge >= 0.3 is 10.8 Å². The molecule has 0 unspecified atom stereocenters. The van der Waals surface area contributed by atoms with E-state index >= 15 is 0 Å². The van der Waals surface area contributed by atoms with Crippen LogP contribution in [-0.4, -0.2) is 48.2 Å². The quantitative estimate of drug-likeness (QED) is 0.257. The zero-order valence-corrected chi connectivity index (χ0v) is 21.2. The van der Waals surface area contributed by atoms with Crippen LogP contribution in [0.5, 0.6) is 0 Å². The van der Waals surface area contributed by atoms with Crippen molar-refractivity contribution < 1.29 is 19.5 Å². The fourth-order valence-corrected chi connectivity index (χ4v) is 5.97. The van der Waals surface area contributed by atoms with Crippen molar-refractivity contribution in [2.24, 2.45) is 0 Å². The van der Waals surface area contributed by atoms with Gasteiger partial charge < -0.3 is 5.11 Å². The Morgan fingerprint density at radius 2 is 1.94 bits per heavy atom. The molecule has 3 aromatic rings. The predicted octanol–water partition coefficient (Wildman–Crippen LogP) is 4.63. The number of benzene rings is 1. The first-order chi connectivity index (χ1) is 16.7. The van der Waals surface area contributed by atoms with Gasteiger partial charge in [-0.25, -0.2) is 9.55 Å². The zero-order valence-electron chi connectivity index (χ0n) is 18.7. The van der Waals surface area contributed by atoms with Gasteiger partial charge in [-0.2, -0.15) is 0 Å². The van der Waals surface area contributed by atoms with E-state index in [2.05, 4.69) is 4.98 Å². The Hall–Kier alpha value is -3.15. The summed E-state index contributed by atoms with van der Waals surface area (Å²) < 4.78 is 2.33. The highest BCUT2D eigenvalue weighted by Crippen LogP contribution is 2.33. The van der Waals surface area contributed by atoms with Crippen LogP contribution in [-0.2, 0) is 9.59 Å². The van der Waals surface area contributed by atoms with Crippen LogP contribution in [0.15, 0.2) is 46.1 Å². The van der Waals surface area contributed by atoms with Crippen LogP contribution in [0.25, 0.3) is 27.6 Å². The van der Waals surface area contributed by atoms with Gasteiger partial charge in [0.2, 0.25) is 5.91 Å². The molecule has 0 spiro atoms. The molecular formula is C24H21N3O5S3. The molecule has 0 aliphatic carbocycles. The standard InChI is InChI=1S/C24H21N3O5S3/c1-14(28)27-18-10-9-15(12-19(18)34-23(27)32)17-7-5-6-16(25-17)13-20-22(31)26(24(33)35-20)11-4-2-3-8-21(29)30/h5-7,9-10,12-13H,2-4,8,11H2,1H3,(H,29,30). The van der Waals surface area contributed by atoms with Gasteiger partial charge in [-0.3, -0.25) is 24.1 Å². The van der Waals surface area contributed by atoms with Crippen molar-refractivity contribution >= 4 is 73.7 Å². The topological polar surface area (TPSA) is 110 Å². The fraction of sp³-hybridized carbons (Fsp3) is 0.250. The molecule has 1 aliphatic rings. The number of hydrogen-bond donors (Lipinski definition) is 1. The molecule has 1 aliphatic heterocycles. The lowest BCUT2D eigenvalue weighted by molar-refractivity contribution is -0.137. The summed E-state index contributed by atoms with van der Waals surface area (Å²) in [4.78, 5) is 53.8. The third-order valence-electron chi connectivity index (χ3n) is 5.39. The molecule has 180 valence electrons.